The number of aryl methyl sites for hydroxylation is 2. The Hall–Kier alpha value is -2.20. The van der Waals surface area contributed by atoms with E-state index in [1.165, 1.54) is 4.57 Å². The molecule has 2 aromatic heterocycles. The van der Waals surface area contributed by atoms with E-state index in [4.69, 9.17) is 11.6 Å². The lowest BCUT2D eigenvalue weighted by atomic mass is 10.2. The zero-order valence-corrected chi connectivity index (χ0v) is 11.8. The zero-order chi connectivity index (χ0) is 14.3. The highest BCUT2D eigenvalue weighted by atomic mass is 35.5. The number of pyridine rings is 1. The molecule has 0 atom stereocenters. The highest BCUT2D eigenvalue weighted by molar-refractivity contribution is 6.31. The van der Waals surface area contributed by atoms with Crippen molar-refractivity contribution in [2.45, 2.75) is 13.8 Å². The Bertz CT molecular complexity index is 871. The molecule has 0 saturated heterocycles. The predicted molar refractivity (Wildman–Crippen MR) is 79.6 cm³/mol. The van der Waals surface area contributed by atoms with Crippen LogP contribution < -0.4 is 5.56 Å². The second-order valence-electron chi connectivity index (χ2n) is 4.65. The van der Waals surface area contributed by atoms with Gasteiger partial charge in [0.05, 0.1) is 10.9 Å². The van der Waals surface area contributed by atoms with Gasteiger partial charge in [-0.1, -0.05) is 11.6 Å². The Balaban J connectivity index is 2.37. The fraction of sp³-hybridized carbons (Fsp3) is 0.133. The lowest BCUT2D eigenvalue weighted by Crippen LogP contribution is -2.23. The van der Waals surface area contributed by atoms with Gasteiger partial charge in [-0.15, -0.1) is 0 Å². The van der Waals surface area contributed by atoms with Crippen LogP contribution in [0.5, 0.6) is 0 Å². The highest BCUT2D eigenvalue weighted by Crippen LogP contribution is 2.16. The zero-order valence-electron chi connectivity index (χ0n) is 11.1. The van der Waals surface area contributed by atoms with Crippen molar-refractivity contribution in [2.24, 2.45) is 0 Å². The van der Waals surface area contributed by atoms with Crippen LogP contribution in [0.2, 0.25) is 5.02 Å². The summed E-state index contributed by atoms with van der Waals surface area (Å²) < 4.78 is 1.52. The maximum absolute atomic E-state index is 12.6. The molecule has 3 aromatic rings. The molecule has 0 spiro atoms. The molecule has 4 nitrogen and oxygen atoms in total. The molecular formula is C15H12ClN3O. The van der Waals surface area contributed by atoms with Gasteiger partial charge in [-0.05, 0) is 49.7 Å². The SMILES string of the molecule is Cc1ccnc(-n2c(C)nc3cc(Cl)ccc3c2=O)c1. The van der Waals surface area contributed by atoms with E-state index in [0.717, 1.165) is 5.56 Å². The van der Waals surface area contributed by atoms with Crippen molar-refractivity contribution in [1.29, 1.82) is 0 Å². The smallest absolute Gasteiger partial charge is 0.267 e. The molecule has 20 heavy (non-hydrogen) atoms. The van der Waals surface area contributed by atoms with Gasteiger partial charge >= 0.3 is 0 Å². The van der Waals surface area contributed by atoms with Crippen LogP contribution in [0, 0.1) is 13.8 Å². The van der Waals surface area contributed by atoms with Crippen LogP contribution in [-0.2, 0) is 0 Å². The van der Waals surface area contributed by atoms with E-state index >= 15 is 0 Å². The molecule has 0 bridgehead atoms. The first kappa shape index (κ1) is 12.8. The second kappa shape index (κ2) is 4.72. The third-order valence-electron chi connectivity index (χ3n) is 3.13. The summed E-state index contributed by atoms with van der Waals surface area (Å²) in [4.78, 5) is 21.3. The van der Waals surface area contributed by atoms with Crippen LogP contribution >= 0.6 is 11.6 Å². The van der Waals surface area contributed by atoms with Crippen molar-refractivity contribution in [3.63, 3.8) is 0 Å². The number of aromatic nitrogens is 3. The van der Waals surface area contributed by atoms with Crippen LogP contribution in [0.15, 0.2) is 41.3 Å². The molecule has 3 rings (SSSR count). The van der Waals surface area contributed by atoms with Crippen LogP contribution in [0.1, 0.15) is 11.4 Å². The third-order valence-corrected chi connectivity index (χ3v) is 3.36. The second-order valence-corrected chi connectivity index (χ2v) is 5.09. The van der Waals surface area contributed by atoms with Crippen molar-refractivity contribution in [2.75, 3.05) is 0 Å². The van der Waals surface area contributed by atoms with Gasteiger partial charge in [0.15, 0.2) is 0 Å². The third kappa shape index (κ3) is 2.08. The molecule has 100 valence electrons. The Labute approximate surface area is 120 Å². The molecule has 0 fully saturated rings. The maximum atomic E-state index is 12.6. The summed E-state index contributed by atoms with van der Waals surface area (Å²) in [5.41, 5.74) is 1.50. The number of fused-ring (bicyclic) bond motifs is 1. The first-order valence-corrected chi connectivity index (χ1v) is 6.56. The normalized spacial score (nSPS) is 10.9. The van der Waals surface area contributed by atoms with E-state index in [1.54, 1.807) is 31.3 Å². The minimum Gasteiger partial charge on any atom is -0.268 e. The molecule has 0 amide bonds. The van der Waals surface area contributed by atoms with Crippen molar-refractivity contribution in [3.05, 3.63) is 63.3 Å². The van der Waals surface area contributed by atoms with Crippen molar-refractivity contribution < 1.29 is 0 Å². The number of halogens is 1. The lowest BCUT2D eigenvalue weighted by molar-refractivity contribution is 0.862. The fourth-order valence-corrected chi connectivity index (χ4v) is 2.35. The quantitative estimate of drug-likeness (QED) is 0.690. The van der Waals surface area contributed by atoms with Crippen LogP contribution in [-0.4, -0.2) is 14.5 Å². The van der Waals surface area contributed by atoms with Crippen LogP contribution in [0.4, 0.5) is 0 Å². The average Bonchev–Trinajstić information content (AvgIpc) is 2.38. The number of nitrogens with zero attached hydrogens (tertiary/aromatic N) is 3. The summed E-state index contributed by atoms with van der Waals surface area (Å²) in [5, 5.41) is 1.10. The number of hydrogen-bond donors (Lipinski definition) is 0. The molecular weight excluding hydrogens is 274 g/mol. The predicted octanol–water partition coefficient (Wildman–Crippen LogP) is 3.05. The van der Waals surface area contributed by atoms with E-state index in [9.17, 15) is 4.79 Å². The summed E-state index contributed by atoms with van der Waals surface area (Å²) >= 11 is 5.94. The average molecular weight is 286 g/mol. The van der Waals surface area contributed by atoms with Crippen LogP contribution in [0.25, 0.3) is 16.7 Å². The maximum Gasteiger partial charge on any atom is 0.267 e. The topological polar surface area (TPSA) is 47.8 Å². The van der Waals surface area contributed by atoms with Gasteiger partial charge in [-0.25, -0.2) is 14.5 Å². The first-order valence-electron chi connectivity index (χ1n) is 6.18. The fourth-order valence-electron chi connectivity index (χ4n) is 2.18. The summed E-state index contributed by atoms with van der Waals surface area (Å²) in [6.45, 7) is 3.74. The minimum atomic E-state index is -0.137. The van der Waals surface area contributed by atoms with Gasteiger partial charge in [-0.2, -0.15) is 0 Å². The lowest BCUT2D eigenvalue weighted by Gasteiger charge is -2.10. The summed E-state index contributed by atoms with van der Waals surface area (Å²) in [5.74, 6) is 1.17. The molecule has 0 aliphatic heterocycles. The van der Waals surface area contributed by atoms with E-state index in [-0.39, 0.29) is 5.56 Å². The monoisotopic (exact) mass is 285 g/mol. The largest absolute Gasteiger partial charge is 0.268 e. The van der Waals surface area contributed by atoms with Gasteiger partial charge in [-0.3, -0.25) is 4.79 Å². The summed E-state index contributed by atoms with van der Waals surface area (Å²) in [7, 11) is 0. The molecule has 0 aliphatic rings. The Morgan fingerprint density at radius 2 is 1.95 bits per heavy atom. The van der Waals surface area contributed by atoms with Crippen molar-refractivity contribution >= 4 is 22.5 Å². The summed E-state index contributed by atoms with van der Waals surface area (Å²) in [6.07, 6.45) is 1.68. The summed E-state index contributed by atoms with van der Waals surface area (Å²) in [6, 6.07) is 8.82. The molecule has 0 radical (unpaired) electrons. The van der Waals surface area contributed by atoms with Gasteiger partial charge < -0.3 is 0 Å². The molecule has 0 unspecified atom stereocenters. The number of rotatable bonds is 1. The molecule has 1 aromatic carbocycles. The van der Waals surface area contributed by atoms with Crippen molar-refractivity contribution in [1.82, 2.24) is 14.5 Å². The van der Waals surface area contributed by atoms with Gasteiger partial charge in [0.1, 0.15) is 11.6 Å². The first-order chi connectivity index (χ1) is 9.56. The minimum absolute atomic E-state index is 0.137. The molecule has 2 heterocycles. The van der Waals surface area contributed by atoms with E-state index in [2.05, 4.69) is 9.97 Å². The highest BCUT2D eigenvalue weighted by Gasteiger charge is 2.11. The van der Waals surface area contributed by atoms with Crippen LogP contribution in [0.3, 0.4) is 0 Å². The van der Waals surface area contributed by atoms with E-state index in [1.807, 2.05) is 19.1 Å². The number of benzene rings is 1. The van der Waals surface area contributed by atoms with E-state index < -0.39 is 0 Å². The van der Waals surface area contributed by atoms with Gasteiger partial charge in [0, 0.05) is 11.2 Å². The molecule has 0 aliphatic carbocycles. The Morgan fingerprint density at radius 3 is 2.70 bits per heavy atom. The van der Waals surface area contributed by atoms with E-state index in [0.29, 0.717) is 27.6 Å². The molecule has 0 saturated carbocycles. The Morgan fingerprint density at radius 1 is 1.15 bits per heavy atom. The Kier molecular flexibility index (Phi) is 3.03. The number of hydrogen-bond acceptors (Lipinski definition) is 3. The van der Waals surface area contributed by atoms with Gasteiger partial charge in [0.25, 0.3) is 5.56 Å². The standard InChI is InChI=1S/C15H12ClN3O/c1-9-5-6-17-14(7-9)19-10(2)18-13-8-11(16)3-4-12(13)15(19)20/h3-8H,1-2H3. The molecule has 0 N–H and O–H groups in total. The van der Waals surface area contributed by atoms with Gasteiger partial charge in [0.2, 0.25) is 0 Å². The van der Waals surface area contributed by atoms with Crippen molar-refractivity contribution in [3.8, 4) is 5.82 Å². The molecule has 5 heteroatoms.